The van der Waals surface area contributed by atoms with E-state index in [0.717, 1.165) is 29.5 Å². The normalized spacial score (nSPS) is 24.8. The Labute approximate surface area is 233 Å². The molecule has 0 heterocycles. The standard InChI is InChI=1S/C23H47I4N3O2/c1-8-20-11-10-12-21(17-20)30(25-4)22(28-6)14-13-19(3)27(5,24)15-16-29(9-2)23(32-7)18-26-31/h13-14,20-24,28,31H,3,8-12,15-18H2,1-2,4-7H3/q-2/b14-13-/t20-,21-,22?,23-/m1/s1. The molecule has 0 aromatic carbocycles. The average molecular weight is 905 g/mol. The Hall–Kier alpha value is 2.20. The van der Waals surface area contributed by atoms with Crippen LogP contribution in [0.3, 0.4) is 0 Å². The summed E-state index contributed by atoms with van der Waals surface area (Å²) >= 11 is -0.443. The summed E-state index contributed by atoms with van der Waals surface area (Å²) in [4.78, 5) is 7.26. The molecule has 9 heteroatoms. The molecule has 1 aliphatic rings. The van der Waals surface area contributed by atoms with Crippen molar-refractivity contribution in [3.8, 4) is 0 Å². The van der Waals surface area contributed by atoms with Gasteiger partial charge in [-0.3, -0.25) is 0 Å². The summed E-state index contributed by atoms with van der Waals surface area (Å²) in [5.74, 6) is 0.905. The first kappa shape index (κ1) is 32.2. The van der Waals surface area contributed by atoms with Gasteiger partial charge < -0.3 is 0 Å². The number of nitrogens with one attached hydrogen (secondary N) is 1. The van der Waals surface area contributed by atoms with E-state index in [1.807, 2.05) is 0 Å². The second-order valence-corrected chi connectivity index (χ2v) is 32.8. The number of rotatable bonds is 16. The van der Waals surface area contributed by atoms with Crippen molar-refractivity contribution in [3.63, 3.8) is 0 Å². The zero-order valence-electron chi connectivity index (χ0n) is 20.8. The maximum atomic E-state index is 9.45. The molecule has 5 atom stereocenters. The van der Waals surface area contributed by atoms with Crippen LogP contribution >= 0.6 is 0 Å². The van der Waals surface area contributed by atoms with Crippen LogP contribution in [-0.4, -0.2) is 75.8 Å². The summed E-state index contributed by atoms with van der Waals surface area (Å²) < 4.78 is 21.2. The quantitative estimate of drug-likeness (QED) is 0.0531. The van der Waals surface area contributed by atoms with Gasteiger partial charge in [-0.05, 0) is 0 Å². The molecule has 0 amide bonds. The topological polar surface area (TPSA) is 48.0 Å². The van der Waals surface area contributed by atoms with Crippen molar-refractivity contribution in [1.29, 1.82) is 0 Å². The van der Waals surface area contributed by atoms with Gasteiger partial charge in [0.1, 0.15) is 0 Å². The van der Waals surface area contributed by atoms with Crippen molar-refractivity contribution in [2.45, 2.75) is 64.4 Å². The first-order valence-corrected chi connectivity index (χ1v) is 28.6. The maximum absolute atomic E-state index is 9.45. The van der Waals surface area contributed by atoms with Crippen LogP contribution in [0, 0.1) is 5.92 Å². The summed E-state index contributed by atoms with van der Waals surface area (Å²) in [6.07, 6.45) is 11.9. The summed E-state index contributed by atoms with van der Waals surface area (Å²) in [5, 5.41) is 3.59. The minimum absolute atomic E-state index is 0.0189. The molecule has 0 spiro atoms. The van der Waals surface area contributed by atoms with Crippen molar-refractivity contribution in [2.24, 2.45) is 5.92 Å². The zero-order valence-corrected chi connectivity index (χ0v) is 29.6. The fourth-order valence-corrected chi connectivity index (χ4v) is 13.3. The molecule has 32 heavy (non-hydrogen) atoms. The van der Waals surface area contributed by atoms with Gasteiger partial charge in [0.2, 0.25) is 0 Å². The Morgan fingerprint density at radius 2 is 2.12 bits per heavy atom. The van der Waals surface area contributed by atoms with Gasteiger partial charge in [0.15, 0.2) is 0 Å². The van der Waals surface area contributed by atoms with Gasteiger partial charge in [-0.15, -0.1) is 0 Å². The van der Waals surface area contributed by atoms with Crippen molar-refractivity contribution in [1.82, 2.24) is 13.3 Å². The molecular formula is C23H47I4N3O2-2. The van der Waals surface area contributed by atoms with Crippen molar-refractivity contribution in [3.05, 3.63) is 22.3 Å². The van der Waals surface area contributed by atoms with E-state index in [4.69, 9.17) is 4.74 Å². The van der Waals surface area contributed by atoms with E-state index in [1.54, 1.807) is 7.11 Å². The third-order valence-corrected chi connectivity index (χ3v) is 22.7. The summed E-state index contributed by atoms with van der Waals surface area (Å²) in [6, 6.07) is 0.731. The zero-order chi connectivity index (χ0) is 24.1. The SMILES string of the molecule is C=C(/C=C\C(NC)N([I-]C)[C@@H]1CCC[C@@H](CC)C1)[I-](C)([IH+])CCN(CC)[C@@H](C[I-]O)OC. The second kappa shape index (κ2) is 17.6. The molecule has 0 aromatic rings. The molecule has 1 saturated carbocycles. The summed E-state index contributed by atoms with van der Waals surface area (Å²) in [6.45, 7) is 11.1. The molecule has 1 rings (SSSR count). The molecule has 0 radical (unpaired) electrons. The van der Waals surface area contributed by atoms with Crippen LogP contribution in [0.1, 0.15) is 46.0 Å². The van der Waals surface area contributed by atoms with Gasteiger partial charge in [0, 0.05) is 0 Å². The van der Waals surface area contributed by atoms with E-state index in [9.17, 15) is 3.44 Å². The van der Waals surface area contributed by atoms with E-state index >= 15 is 0 Å². The fourth-order valence-electron chi connectivity index (χ4n) is 4.22. The number of halogens is 4. The van der Waals surface area contributed by atoms with Gasteiger partial charge >= 0.3 is 236 Å². The van der Waals surface area contributed by atoms with Gasteiger partial charge in [-0.25, -0.2) is 0 Å². The fraction of sp³-hybridized carbons (Fsp3) is 0.826. The number of nitrogens with zero attached hydrogens (tertiary/aromatic N) is 2. The average Bonchev–Trinajstić information content (AvgIpc) is 2.80. The van der Waals surface area contributed by atoms with Crippen LogP contribution in [0.5, 0.6) is 0 Å². The third kappa shape index (κ3) is 10.7. The van der Waals surface area contributed by atoms with Crippen LogP contribution in [0.4, 0.5) is 0 Å². The Morgan fingerprint density at radius 3 is 2.66 bits per heavy atom. The number of alkyl halides is 4. The van der Waals surface area contributed by atoms with Crippen LogP contribution in [0.2, 0.25) is 0 Å². The Kier molecular flexibility index (Phi) is 17.7. The number of hydrogen-bond donors (Lipinski definition) is 2. The first-order chi connectivity index (χ1) is 15.3. The van der Waals surface area contributed by atoms with Crippen LogP contribution < -0.4 is 81.5 Å². The van der Waals surface area contributed by atoms with E-state index in [1.165, 1.54) is 40.1 Å². The summed E-state index contributed by atoms with van der Waals surface area (Å²) in [7, 11) is 3.86. The predicted molar refractivity (Wildman–Crippen MR) is 122 cm³/mol. The van der Waals surface area contributed by atoms with Crippen LogP contribution in [0.15, 0.2) is 22.3 Å². The monoisotopic (exact) mass is 905 g/mol. The van der Waals surface area contributed by atoms with E-state index < -0.39 is 36.1 Å². The van der Waals surface area contributed by atoms with Gasteiger partial charge in [0.05, 0.1) is 0 Å². The molecule has 0 aromatic heterocycles. The second-order valence-electron chi connectivity index (χ2n) is 8.36. The number of allylic oxidation sites excluding steroid dienone is 2. The van der Waals surface area contributed by atoms with Crippen molar-refractivity contribution < 1.29 is 84.3 Å². The molecular weight excluding hydrogens is 858 g/mol. The number of ether oxygens (including phenoxy) is 1. The van der Waals surface area contributed by atoms with Gasteiger partial charge in [-0.1, -0.05) is 0 Å². The molecule has 2 N–H and O–H groups in total. The minimum atomic E-state index is -2.09. The van der Waals surface area contributed by atoms with E-state index in [0.29, 0.717) is 6.17 Å². The molecule has 2 unspecified atom stereocenters. The summed E-state index contributed by atoms with van der Waals surface area (Å²) in [5.41, 5.74) is 0. The van der Waals surface area contributed by atoms with Crippen molar-refractivity contribution >= 4 is 0 Å². The van der Waals surface area contributed by atoms with E-state index in [2.05, 4.69) is 81.4 Å². The molecule has 0 aliphatic heterocycles. The molecule has 0 bridgehead atoms. The number of likely N-dealkylation sites (N-methyl/N-ethyl adjacent to an activating group) is 1. The van der Waals surface area contributed by atoms with E-state index in [-0.39, 0.29) is 27.7 Å². The van der Waals surface area contributed by atoms with Crippen LogP contribution in [0.25, 0.3) is 0 Å². The molecule has 0 saturated heterocycles. The first-order valence-electron chi connectivity index (χ1n) is 11.5. The number of methoxy groups -OCH3 is 1. The third-order valence-electron chi connectivity index (χ3n) is 6.43. The Balaban J connectivity index is 2.77. The van der Waals surface area contributed by atoms with Gasteiger partial charge in [-0.2, -0.15) is 0 Å². The molecule has 196 valence electrons. The molecule has 5 nitrogen and oxygen atoms in total. The molecule has 1 fully saturated rings. The Morgan fingerprint density at radius 1 is 1.41 bits per heavy atom. The van der Waals surface area contributed by atoms with Crippen molar-refractivity contribution in [2.75, 3.05) is 46.0 Å². The van der Waals surface area contributed by atoms with Gasteiger partial charge in [0.25, 0.3) is 0 Å². The van der Waals surface area contributed by atoms with Crippen LogP contribution in [-0.2, 0) is 4.74 Å². The number of hydrogen-bond acceptors (Lipinski definition) is 5. The molecule has 1 aliphatic carbocycles. The predicted octanol–water partition coefficient (Wildman–Crippen LogP) is -9.21. The Bertz CT molecular complexity index is 565.